The molecule has 3 aromatic rings. The van der Waals surface area contributed by atoms with E-state index in [0.717, 1.165) is 33.3 Å². The Balaban J connectivity index is 1.44. The lowest BCUT2D eigenvalue weighted by Gasteiger charge is -2.03. The van der Waals surface area contributed by atoms with E-state index in [2.05, 4.69) is 22.4 Å². The third-order valence-corrected chi connectivity index (χ3v) is 5.98. The lowest BCUT2D eigenvalue weighted by molar-refractivity contribution is -0.118. The number of carbonyl (C=O) groups excluding carboxylic acids is 1. The maximum Gasteiger partial charge on any atom is 0.250 e. The molecule has 0 radical (unpaired) electrons. The van der Waals surface area contributed by atoms with Crippen molar-refractivity contribution in [2.45, 2.75) is 17.7 Å². The van der Waals surface area contributed by atoms with Gasteiger partial charge in [0.05, 0.1) is 24.3 Å². The van der Waals surface area contributed by atoms with Crippen LogP contribution in [0.25, 0.3) is 11.3 Å². The van der Waals surface area contributed by atoms with Crippen molar-refractivity contribution in [3.8, 4) is 17.0 Å². The number of carbonyl (C=O) groups is 1. The van der Waals surface area contributed by atoms with Gasteiger partial charge in [0.15, 0.2) is 4.34 Å². The molecule has 150 valence electrons. The van der Waals surface area contributed by atoms with Crippen LogP contribution in [0.5, 0.6) is 5.75 Å². The number of hydrazone groups is 1. The molecule has 29 heavy (non-hydrogen) atoms. The molecule has 0 spiro atoms. The molecule has 0 unspecified atom stereocenters. The second-order valence-corrected chi connectivity index (χ2v) is 8.52. The lowest BCUT2D eigenvalue weighted by atomic mass is 10.2. The molecule has 1 amide bonds. The van der Waals surface area contributed by atoms with Crippen LogP contribution in [0.4, 0.5) is 0 Å². The molecule has 5 nitrogen and oxygen atoms in total. The fraction of sp³-hybridized carbons (Fsp3) is 0.190. The third-order valence-electron chi connectivity index (χ3n) is 3.71. The van der Waals surface area contributed by atoms with Crippen LogP contribution in [0.2, 0.25) is 5.02 Å². The van der Waals surface area contributed by atoms with Crippen LogP contribution in [-0.2, 0) is 4.79 Å². The molecule has 0 aliphatic rings. The van der Waals surface area contributed by atoms with Gasteiger partial charge in [-0.1, -0.05) is 42.4 Å². The highest BCUT2D eigenvalue weighted by molar-refractivity contribution is 8.01. The first-order valence-corrected chi connectivity index (χ1v) is 11.3. The molecule has 0 saturated carbocycles. The Labute approximate surface area is 183 Å². The molecule has 8 heteroatoms. The van der Waals surface area contributed by atoms with E-state index in [1.54, 1.807) is 6.21 Å². The molecule has 0 atom stereocenters. The van der Waals surface area contributed by atoms with Crippen molar-refractivity contribution in [1.82, 2.24) is 10.4 Å². The predicted octanol–water partition coefficient (Wildman–Crippen LogP) is 5.49. The van der Waals surface area contributed by atoms with Crippen molar-refractivity contribution < 1.29 is 9.53 Å². The number of benzene rings is 2. The third kappa shape index (κ3) is 6.88. The summed E-state index contributed by atoms with van der Waals surface area (Å²) in [7, 11) is 0. The van der Waals surface area contributed by atoms with Crippen LogP contribution in [-0.4, -0.2) is 29.5 Å². The number of thioether (sulfide) groups is 1. The zero-order valence-corrected chi connectivity index (χ0v) is 18.2. The number of amides is 1. The summed E-state index contributed by atoms with van der Waals surface area (Å²) >= 11 is 8.80. The summed E-state index contributed by atoms with van der Waals surface area (Å²) < 4.78 is 6.36. The number of rotatable bonds is 9. The molecular weight excluding hydrogens is 426 g/mol. The van der Waals surface area contributed by atoms with Crippen molar-refractivity contribution in [3.63, 3.8) is 0 Å². The molecule has 1 N–H and O–H groups in total. The average molecular weight is 446 g/mol. The van der Waals surface area contributed by atoms with E-state index in [1.165, 1.54) is 23.1 Å². The number of thiazole rings is 1. The molecule has 0 fully saturated rings. The summed E-state index contributed by atoms with van der Waals surface area (Å²) in [4.78, 5) is 16.5. The van der Waals surface area contributed by atoms with E-state index < -0.39 is 0 Å². The minimum Gasteiger partial charge on any atom is -0.494 e. The zero-order valence-electron chi connectivity index (χ0n) is 15.8. The van der Waals surface area contributed by atoms with Gasteiger partial charge in [-0.05, 0) is 48.4 Å². The van der Waals surface area contributed by atoms with Gasteiger partial charge in [0, 0.05) is 16.0 Å². The van der Waals surface area contributed by atoms with E-state index in [9.17, 15) is 4.79 Å². The van der Waals surface area contributed by atoms with Crippen molar-refractivity contribution in [3.05, 3.63) is 64.5 Å². The fourth-order valence-electron chi connectivity index (χ4n) is 2.29. The van der Waals surface area contributed by atoms with E-state index in [-0.39, 0.29) is 11.7 Å². The van der Waals surface area contributed by atoms with Crippen molar-refractivity contribution in [2.75, 3.05) is 12.4 Å². The topological polar surface area (TPSA) is 63.6 Å². The van der Waals surface area contributed by atoms with Gasteiger partial charge >= 0.3 is 0 Å². The Bertz CT molecular complexity index is 957. The number of aromatic nitrogens is 1. The van der Waals surface area contributed by atoms with Crippen LogP contribution in [0.1, 0.15) is 18.9 Å². The summed E-state index contributed by atoms with van der Waals surface area (Å²) in [6, 6.07) is 15.1. The quantitative estimate of drug-likeness (QED) is 0.268. The van der Waals surface area contributed by atoms with Crippen LogP contribution in [0.3, 0.4) is 0 Å². The highest BCUT2D eigenvalue weighted by Crippen LogP contribution is 2.28. The monoisotopic (exact) mass is 445 g/mol. The van der Waals surface area contributed by atoms with Crippen molar-refractivity contribution >= 4 is 46.8 Å². The predicted molar refractivity (Wildman–Crippen MR) is 121 cm³/mol. The molecule has 3 rings (SSSR count). The maximum atomic E-state index is 12.0. The first-order chi connectivity index (χ1) is 14.1. The second kappa shape index (κ2) is 11.0. The summed E-state index contributed by atoms with van der Waals surface area (Å²) in [5.74, 6) is 0.887. The smallest absolute Gasteiger partial charge is 0.250 e. The minimum atomic E-state index is -0.183. The van der Waals surface area contributed by atoms with Gasteiger partial charge in [0.2, 0.25) is 0 Å². The molecule has 0 aliphatic heterocycles. The van der Waals surface area contributed by atoms with E-state index >= 15 is 0 Å². The second-order valence-electron chi connectivity index (χ2n) is 6.00. The van der Waals surface area contributed by atoms with Crippen molar-refractivity contribution in [2.24, 2.45) is 5.10 Å². The number of ether oxygens (including phenoxy) is 1. The summed E-state index contributed by atoms with van der Waals surface area (Å²) in [6.45, 7) is 2.76. The van der Waals surface area contributed by atoms with Crippen LogP contribution >= 0.6 is 34.7 Å². The zero-order chi connectivity index (χ0) is 20.5. The largest absolute Gasteiger partial charge is 0.494 e. The number of hydrogen-bond donors (Lipinski definition) is 1. The van der Waals surface area contributed by atoms with Crippen LogP contribution in [0, 0.1) is 0 Å². The molecular formula is C21H20ClN3O2S2. The van der Waals surface area contributed by atoms with Crippen LogP contribution < -0.4 is 10.2 Å². The maximum absolute atomic E-state index is 12.0. The Morgan fingerprint density at radius 1 is 1.24 bits per heavy atom. The van der Waals surface area contributed by atoms with Gasteiger partial charge in [0.1, 0.15) is 5.75 Å². The Morgan fingerprint density at radius 2 is 2.00 bits per heavy atom. The fourth-order valence-corrected chi connectivity index (χ4v) is 4.04. The number of nitrogens with one attached hydrogen (secondary N) is 1. The SMILES string of the molecule is CCCOc1ccc(/C=N/NC(=O)CSc2nc(-c3ccc(Cl)cc3)cs2)cc1. The Morgan fingerprint density at radius 3 is 2.72 bits per heavy atom. The van der Waals surface area contributed by atoms with Gasteiger partial charge in [-0.15, -0.1) is 11.3 Å². The average Bonchev–Trinajstić information content (AvgIpc) is 3.21. The first-order valence-electron chi connectivity index (χ1n) is 9.03. The highest BCUT2D eigenvalue weighted by atomic mass is 35.5. The molecule has 1 heterocycles. The van der Waals surface area contributed by atoms with Gasteiger partial charge in [-0.2, -0.15) is 5.10 Å². The number of halogens is 1. The highest BCUT2D eigenvalue weighted by Gasteiger charge is 2.08. The minimum absolute atomic E-state index is 0.183. The Hall–Kier alpha value is -2.35. The van der Waals surface area contributed by atoms with E-state index in [1.807, 2.05) is 53.9 Å². The molecule has 0 saturated heterocycles. The standard InChI is InChI=1S/C21H20ClN3O2S2/c1-2-11-27-18-9-3-15(4-10-18)12-23-25-20(26)14-29-21-24-19(13-28-21)16-5-7-17(22)8-6-16/h3-10,12-13H,2,11,14H2,1H3,(H,25,26)/b23-12+. The van der Waals surface area contributed by atoms with Gasteiger partial charge in [-0.25, -0.2) is 10.4 Å². The summed E-state index contributed by atoms with van der Waals surface area (Å²) in [5, 5.41) is 6.66. The molecule has 2 aromatic carbocycles. The first kappa shape index (κ1) is 21.4. The van der Waals surface area contributed by atoms with E-state index in [4.69, 9.17) is 16.3 Å². The lowest BCUT2D eigenvalue weighted by Crippen LogP contribution is -2.19. The van der Waals surface area contributed by atoms with Crippen molar-refractivity contribution in [1.29, 1.82) is 0 Å². The van der Waals surface area contributed by atoms with Crippen LogP contribution in [0.15, 0.2) is 63.4 Å². The summed E-state index contributed by atoms with van der Waals surface area (Å²) in [5.41, 5.74) is 5.29. The summed E-state index contributed by atoms with van der Waals surface area (Å²) in [6.07, 6.45) is 2.57. The molecule has 0 aliphatic carbocycles. The van der Waals surface area contributed by atoms with Gasteiger partial charge in [-0.3, -0.25) is 4.79 Å². The van der Waals surface area contributed by atoms with Gasteiger partial charge < -0.3 is 4.74 Å². The molecule has 0 bridgehead atoms. The molecule has 1 aromatic heterocycles. The number of hydrogen-bond acceptors (Lipinski definition) is 6. The number of nitrogens with zero attached hydrogens (tertiary/aromatic N) is 2. The van der Waals surface area contributed by atoms with Gasteiger partial charge in [0.25, 0.3) is 5.91 Å². The normalized spacial score (nSPS) is 11.0. The van der Waals surface area contributed by atoms with E-state index in [0.29, 0.717) is 11.6 Å². The Kier molecular flexibility index (Phi) is 8.10.